The number of carboxylic acid groups (broad SMARTS) is 1. The van der Waals surface area contributed by atoms with Gasteiger partial charge in [-0.05, 0) is 25.9 Å². The van der Waals surface area contributed by atoms with Crippen molar-refractivity contribution < 1.29 is 27.9 Å². The van der Waals surface area contributed by atoms with E-state index in [1.807, 2.05) is 5.38 Å². The Hall–Kier alpha value is -1.48. The molecule has 0 bridgehead atoms. The minimum Gasteiger partial charge on any atom is -0.475 e. The topological polar surface area (TPSA) is 79.3 Å². The molecule has 1 saturated heterocycles. The van der Waals surface area contributed by atoms with Crippen molar-refractivity contribution in [2.24, 2.45) is 0 Å². The van der Waals surface area contributed by atoms with E-state index >= 15 is 0 Å². The highest BCUT2D eigenvalue weighted by Gasteiger charge is 2.38. The number of carbonyl (C=O) groups is 2. The fourth-order valence-electron chi connectivity index (χ4n) is 1.61. The summed E-state index contributed by atoms with van der Waals surface area (Å²) in [6, 6.07) is 0. The van der Waals surface area contributed by atoms with Crippen LogP contribution < -0.4 is 5.32 Å². The molecule has 0 radical (unpaired) electrons. The van der Waals surface area contributed by atoms with Crippen LogP contribution in [0.1, 0.15) is 34.3 Å². The zero-order valence-electron chi connectivity index (χ0n) is 10.3. The number of hydrogen-bond donors (Lipinski definition) is 2. The van der Waals surface area contributed by atoms with E-state index in [1.165, 1.54) is 0 Å². The van der Waals surface area contributed by atoms with Gasteiger partial charge in [-0.1, -0.05) is 0 Å². The maximum absolute atomic E-state index is 10.6. The van der Waals surface area contributed by atoms with Crippen molar-refractivity contribution in [1.29, 1.82) is 0 Å². The molecule has 1 aliphatic heterocycles. The van der Waals surface area contributed by atoms with Crippen molar-refractivity contribution in [3.05, 3.63) is 16.1 Å². The van der Waals surface area contributed by atoms with Gasteiger partial charge in [0.1, 0.15) is 5.69 Å². The largest absolute Gasteiger partial charge is 0.490 e. The maximum atomic E-state index is 10.6. The van der Waals surface area contributed by atoms with Gasteiger partial charge >= 0.3 is 12.1 Å². The van der Waals surface area contributed by atoms with E-state index < -0.39 is 12.1 Å². The second kappa shape index (κ2) is 7.34. The summed E-state index contributed by atoms with van der Waals surface area (Å²) >= 11 is 1.61. The van der Waals surface area contributed by atoms with E-state index in [-0.39, 0.29) is 0 Å². The summed E-state index contributed by atoms with van der Waals surface area (Å²) in [5.41, 5.74) is 0.582. The minimum atomic E-state index is -5.08. The second-order valence-corrected chi connectivity index (χ2v) is 4.95. The molecule has 0 aliphatic carbocycles. The lowest BCUT2D eigenvalue weighted by molar-refractivity contribution is -0.192. The summed E-state index contributed by atoms with van der Waals surface area (Å²) in [6.45, 7) is 2.14. The number of rotatable bonds is 2. The van der Waals surface area contributed by atoms with Gasteiger partial charge in [0.2, 0.25) is 0 Å². The summed E-state index contributed by atoms with van der Waals surface area (Å²) in [5.74, 6) is -2.19. The van der Waals surface area contributed by atoms with Crippen LogP contribution in [0.25, 0.3) is 0 Å². The van der Waals surface area contributed by atoms with Crippen LogP contribution in [0.3, 0.4) is 0 Å². The number of nitrogens with zero attached hydrogens (tertiary/aromatic N) is 1. The van der Waals surface area contributed by atoms with E-state index in [9.17, 15) is 18.0 Å². The number of halogens is 3. The van der Waals surface area contributed by atoms with Gasteiger partial charge in [0, 0.05) is 11.3 Å². The van der Waals surface area contributed by atoms with E-state index in [4.69, 9.17) is 9.90 Å². The van der Waals surface area contributed by atoms with E-state index in [1.54, 1.807) is 11.3 Å². The average molecular weight is 310 g/mol. The zero-order valence-corrected chi connectivity index (χ0v) is 11.1. The molecule has 0 aromatic carbocycles. The van der Waals surface area contributed by atoms with Gasteiger partial charge in [-0.25, -0.2) is 9.78 Å². The highest BCUT2D eigenvalue weighted by atomic mass is 32.1. The van der Waals surface area contributed by atoms with Crippen molar-refractivity contribution in [2.45, 2.75) is 24.9 Å². The van der Waals surface area contributed by atoms with Gasteiger partial charge in [0.25, 0.3) is 0 Å². The average Bonchev–Trinajstić information content (AvgIpc) is 2.88. The van der Waals surface area contributed by atoms with Crippen LogP contribution in [-0.4, -0.2) is 41.6 Å². The Labute approximate surface area is 116 Å². The summed E-state index contributed by atoms with van der Waals surface area (Å²) in [4.78, 5) is 23.6. The number of aromatic nitrogens is 1. The molecule has 2 rings (SSSR count). The highest BCUT2D eigenvalue weighted by Crippen LogP contribution is 2.27. The number of nitrogens with one attached hydrogen (secondary N) is 1. The number of alkyl halides is 3. The van der Waals surface area contributed by atoms with Crippen molar-refractivity contribution in [2.75, 3.05) is 13.1 Å². The predicted molar refractivity (Wildman–Crippen MR) is 66.0 cm³/mol. The van der Waals surface area contributed by atoms with E-state index in [0.717, 1.165) is 37.2 Å². The summed E-state index contributed by atoms with van der Waals surface area (Å²) < 4.78 is 31.7. The molecule has 1 aromatic heterocycles. The number of thiazole rings is 1. The first kappa shape index (κ1) is 16.6. The van der Waals surface area contributed by atoms with Crippen LogP contribution in [-0.2, 0) is 4.79 Å². The number of hydrogen-bond acceptors (Lipinski definition) is 5. The molecule has 1 aliphatic rings. The van der Waals surface area contributed by atoms with Gasteiger partial charge in [-0.3, -0.25) is 4.79 Å². The molecule has 1 aromatic rings. The second-order valence-electron chi connectivity index (χ2n) is 4.06. The molecule has 2 heterocycles. The Morgan fingerprint density at radius 2 is 2.00 bits per heavy atom. The van der Waals surface area contributed by atoms with Crippen LogP contribution in [0.4, 0.5) is 13.2 Å². The van der Waals surface area contributed by atoms with Crippen LogP contribution in [0.5, 0.6) is 0 Å². The Balaban J connectivity index is 0.000000246. The molecular weight excluding hydrogens is 297 g/mol. The molecule has 0 atom stereocenters. The number of piperidine rings is 1. The Morgan fingerprint density at radius 1 is 1.45 bits per heavy atom. The SMILES string of the molecule is O=C(O)C(F)(F)F.O=Cc1csc(C2CCNCC2)n1. The normalized spacial score (nSPS) is 16.1. The zero-order chi connectivity index (χ0) is 15.2. The van der Waals surface area contributed by atoms with Gasteiger partial charge < -0.3 is 10.4 Å². The molecule has 112 valence electrons. The molecule has 0 spiro atoms. The molecule has 9 heteroatoms. The molecule has 0 saturated carbocycles. The van der Waals surface area contributed by atoms with Crippen LogP contribution >= 0.6 is 11.3 Å². The fraction of sp³-hybridized carbons (Fsp3) is 0.545. The van der Waals surface area contributed by atoms with Crippen molar-refractivity contribution >= 4 is 23.6 Å². The number of carboxylic acids is 1. The van der Waals surface area contributed by atoms with Crippen molar-refractivity contribution in [3.8, 4) is 0 Å². The standard InChI is InChI=1S/C9H12N2OS.C2HF3O2/c12-5-8-6-13-9(11-8)7-1-3-10-4-2-7;3-2(4,5)1(6)7/h5-7,10H,1-4H2;(H,6,7). The fourth-order valence-corrected chi connectivity index (χ4v) is 2.55. The first-order valence-electron chi connectivity index (χ1n) is 5.76. The van der Waals surface area contributed by atoms with E-state index in [0.29, 0.717) is 11.6 Å². The number of aliphatic carboxylic acids is 1. The summed E-state index contributed by atoms with van der Waals surface area (Å²) in [5, 5.41) is 13.4. The van der Waals surface area contributed by atoms with Gasteiger partial charge in [0.05, 0.1) is 5.01 Å². The third kappa shape index (κ3) is 5.25. The van der Waals surface area contributed by atoms with Crippen LogP contribution in [0.2, 0.25) is 0 Å². The van der Waals surface area contributed by atoms with Crippen molar-refractivity contribution in [1.82, 2.24) is 10.3 Å². The highest BCUT2D eigenvalue weighted by molar-refractivity contribution is 7.09. The Kier molecular flexibility index (Phi) is 6.08. The minimum absolute atomic E-state index is 0.569. The predicted octanol–water partition coefficient (Wildman–Crippen LogP) is 2.06. The maximum Gasteiger partial charge on any atom is 0.490 e. The number of carbonyl (C=O) groups excluding carboxylic acids is 1. The molecule has 20 heavy (non-hydrogen) atoms. The molecule has 0 unspecified atom stereocenters. The molecule has 2 N–H and O–H groups in total. The smallest absolute Gasteiger partial charge is 0.475 e. The molecule has 5 nitrogen and oxygen atoms in total. The number of aldehydes is 1. The molecule has 1 fully saturated rings. The summed E-state index contributed by atoms with van der Waals surface area (Å²) in [6.07, 6.45) is -1.97. The van der Waals surface area contributed by atoms with Crippen LogP contribution in [0, 0.1) is 0 Å². The van der Waals surface area contributed by atoms with Gasteiger partial charge in [0.15, 0.2) is 6.29 Å². The third-order valence-electron chi connectivity index (χ3n) is 2.59. The third-order valence-corrected chi connectivity index (χ3v) is 3.62. The first-order chi connectivity index (χ1) is 9.34. The van der Waals surface area contributed by atoms with Crippen LogP contribution in [0.15, 0.2) is 5.38 Å². The lowest BCUT2D eigenvalue weighted by Gasteiger charge is -2.20. The monoisotopic (exact) mass is 310 g/mol. The van der Waals surface area contributed by atoms with E-state index in [2.05, 4.69) is 10.3 Å². The first-order valence-corrected chi connectivity index (χ1v) is 6.64. The Bertz CT molecular complexity index is 456. The van der Waals surface area contributed by atoms with Gasteiger partial charge in [-0.15, -0.1) is 11.3 Å². The lowest BCUT2D eigenvalue weighted by Crippen LogP contribution is -2.26. The van der Waals surface area contributed by atoms with Gasteiger partial charge in [-0.2, -0.15) is 13.2 Å². The molecular formula is C11H13F3N2O3S. The quantitative estimate of drug-likeness (QED) is 0.817. The van der Waals surface area contributed by atoms with Crippen molar-refractivity contribution in [3.63, 3.8) is 0 Å². The Morgan fingerprint density at radius 3 is 2.40 bits per heavy atom. The summed E-state index contributed by atoms with van der Waals surface area (Å²) in [7, 11) is 0. The lowest BCUT2D eigenvalue weighted by atomic mass is 9.99. The molecule has 0 amide bonds.